The molecule has 4 aliphatic rings. The number of alkyl halides is 1. The number of fused-ring (bicyclic) bond motifs is 4. The molecule has 8 nitrogen and oxygen atoms in total. The SMILES string of the molecule is O=C(O)C1C2CCC(CC2)C1Nc1nc(-c2n[nH]c3ncc(F)cc23)nc(C2(F)CC2)c1F. The van der Waals surface area contributed by atoms with E-state index in [1.165, 1.54) is 6.07 Å². The minimum absolute atomic E-state index is 0.00845. The van der Waals surface area contributed by atoms with Gasteiger partial charge in [-0.1, -0.05) is 0 Å². The van der Waals surface area contributed by atoms with E-state index in [0.29, 0.717) is 0 Å². The molecule has 33 heavy (non-hydrogen) atoms. The molecule has 11 heteroatoms. The largest absolute Gasteiger partial charge is 0.481 e. The van der Waals surface area contributed by atoms with Crippen molar-refractivity contribution in [2.45, 2.75) is 50.2 Å². The number of H-pyrrole nitrogens is 1. The second-order valence-corrected chi connectivity index (χ2v) is 9.35. The fraction of sp³-hybridized carbons (Fsp3) is 0.500. The Morgan fingerprint density at radius 3 is 2.58 bits per heavy atom. The normalized spacial score (nSPS) is 27.6. The minimum Gasteiger partial charge on any atom is -0.481 e. The average molecular weight is 458 g/mol. The van der Waals surface area contributed by atoms with Crippen molar-refractivity contribution in [3.8, 4) is 11.5 Å². The van der Waals surface area contributed by atoms with Gasteiger partial charge < -0.3 is 10.4 Å². The van der Waals surface area contributed by atoms with Crippen LogP contribution in [0.4, 0.5) is 19.0 Å². The number of hydrogen-bond acceptors (Lipinski definition) is 6. The lowest BCUT2D eigenvalue weighted by molar-refractivity contribution is -0.148. The number of halogens is 3. The maximum Gasteiger partial charge on any atom is 0.308 e. The summed E-state index contributed by atoms with van der Waals surface area (Å²) in [5.74, 6) is -3.39. The Hall–Kier alpha value is -3.24. The highest BCUT2D eigenvalue weighted by Crippen LogP contribution is 2.51. The lowest BCUT2D eigenvalue weighted by Gasteiger charge is -2.47. The van der Waals surface area contributed by atoms with Crippen LogP contribution >= 0.6 is 0 Å². The first kappa shape index (κ1) is 20.4. The molecule has 4 aliphatic carbocycles. The molecule has 3 heterocycles. The number of nitrogens with zero attached hydrogens (tertiary/aromatic N) is 4. The number of carboxylic acid groups (broad SMARTS) is 1. The van der Waals surface area contributed by atoms with Crippen molar-refractivity contribution in [2.24, 2.45) is 17.8 Å². The van der Waals surface area contributed by atoms with Gasteiger partial charge in [-0.15, -0.1) is 0 Å². The molecule has 0 amide bonds. The van der Waals surface area contributed by atoms with E-state index in [2.05, 4.69) is 30.5 Å². The molecule has 3 aromatic rings. The van der Waals surface area contributed by atoms with Gasteiger partial charge in [-0.05, 0) is 56.4 Å². The highest BCUT2D eigenvalue weighted by atomic mass is 19.2. The number of anilines is 1. The summed E-state index contributed by atoms with van der Waals surface area (Å²) in [5.41, 5.74) is -1.90. The van der Waals surface area contributed by atoms with Crippen LogP contribution in [0.1, 0.15) is 44.2 Å². The van der Waals surface area contributed by atoms with Gasteiger partial charge in [0.25, 0.3) is 0 Å². The topological polar surface area (TPSA) is 117 Å². The fourth-order valence-electron chi connectivity index (χ4n) is 5.51. The van der Waals surface area contributed by atoms with Crippen molar-refractivity contribution in [1.29, 1.82) is 0 Å². The van der Waals surface area contributed by atoms with Crippen molar-refractivity contribution in [1.82, 2.24) is 25.1 Å². The van der Waals surface area contributed by atoms with Gasteiger partial charge in [0.05, 0.1) is 17.5 Å². The van der Waals surface area contributed by atoms with Crippen molar-refractivity contribution >= 4 is 22.8 Å². The van der Waals surface area contributed by atoms with Crippen molar-refractivity contribution in [3.63, 3.8) is 0 Å². The molecule has 0 aliphatic heterocycles. The minimum atomic E-state index is -1.91. The van der Waals surface area contributed by atoms with Crippen LogP contribution in [-0.2, 0) is 10.5 Å². The van der Waals surface area contributed by atoms with E-state index >= 15 is 8.78 Å². The van der Waals surface area contributed by atoms with E-state index in [1.54, 1.807) is 0 Å². The predicted molar refractivity (Wildman–Crippen MR) is 111 cm³/mol. The highest BCUT2D eigenvalue weighted by molar-refractivity contribution is 5.88. The van der Waals surface area contributed by atoms with Gasteiger partial charge in [-0.2, -0.15) is 5.10 Å². The first-order valence-electron chi connectivity index (χ1n) is 11.1. The zero-order valence-electron chi connectivity index (χ0n) is 17.5. The molecule has 0 aromatic carbocycles. The molecule has 0 spiro atoms. The van der Waals surface area contributed by atoms with Gasteiger partial charge in [-0.3, -0.25) is 9.89 Å². The smallest absolute Gasteiger partial charge is 0.308 e. The van der Waals surface area contributed by atoms with Gasteiger partial charge >= 0.3 is 5.97 Å². The zero-order valence-corrected chi connectivity index (χ0v) is 17.5. The molecule has 4 saturated carbocycles. The molecular formula is C22H21F3N6O2. The number of pyridine rings is 1. The maximum absolute atomic E-state index is 15.5. The summed E-state index contributed by atoms with van der Waals surface area (Å²) in [6, 6.07) is 0.675. The number of hydrogen-bond donors (Lipinski definition) is 3. The van der Waals surface area contributed by atoms with E-state index in [9.17, 15) is 14.3 Å². The van der Waals surface area contributed by atoms with Crippen molar-refractivity contribution in [2.75, 3.05) is 5.32 Å². The highest BCUT2D eigenvalue weighted by Gasteiger charge is 2.51. The Labute approximate surface area is 186 Å². The van der Waals surface area contributed by atoms with E-state index in [0.717, 1.165) is 31.9 Å². The van der Waals surface area contributed by atoms with Gasteiger partial charge in [0.15, 0.2) is 28.8 Å². The Bertz CT molecular complexity index is 1270. The van der Waals surface area contributed by atoms with E-state index in [4.69, 9.17) is 0 Å². The van der Waals surface area contributed by atoms with Crippen molar-refractivity contribution in [3.05, 3.63) is 29.6 Å². The Kier molecular flexibility index (Phi) is 4.40. The van der Waals surface area contributed by atoms with E-state index in [-0.39, 0.29) is 58.7 Å². The molecule has 3 aromatic heterocycles. The predicted octanol–water partition coefficient (Wildman–Crippen LogP) is 3.95. The summed E-state index contributed by atoms with van der Waals surface area (Å²) in [6.45, 7) is 0. The van der Waals surface area contributed by atoms with Crippen LogP contribution in [0.2, 0.25) is 0 Å². The summed E-state index contributed by atoms with van der Waals surface area (Å²) < 4.78 is 44.3. The number of carboxylic acids is 1. The summed E-state index contributed by atoms with van der Waals surface area (Å²) in [5, 5.41) is 19.9. The van der Waals surface area contributed by atoms with Gasteiger partial charge in [0, 0.05) is 6.04 Å². The molecular weight excluding hydrogens is 437 g/mol. The third-order valence-electron chi connectivity index (χ3n) is 7.37. The molecule has 7 rings (SSSR count). The fourth-order valence-corrected chi connectivity index (χ4v) is 5.51. The molecule has 172 valence electrons. The zero-order chi connectivity index (χ0) is 22.9. The van der Waals surface area contributed by atoms with Crippen LogP contribution in [0.15, 0.2) is 12.3 Å². The van der Waals surface area contributed by atoms with Gasteiger partial charge in [0.2, 0.25) is 0 Å². The Balaban J connectivity index is 1.47. The third kappa shape index (κ3) is 3.24. The lowest BCUT2D eigenvalue weighted by Crippen LogP contribution is -2.51. The first-order valence-corrected chi connectivity index (χ1v) is 11.1. The van der Waals surface area contributed by atoms with Crippen LogP contribution < -0.4 is 5.32 Å². The lowest BCUT2D eigenvalue weighted by atomic mass is 9.61. The molecule has 2 atom stereocenters. The second-order valence-electron chi connectivity index (χ2n) is 9.35. The molecule has 2 unspecified atom stereocenters. The van der Waals surface area contributed by atoms with Crippen LogP contribution in [0.3, 0.4) is 0 Å². The molecule has 2 bridgehead atoms. The van der Waals surface area contributed by atoms with Crippen LogP contribution in [0, 0.1) is 29.4 Å². The Morgan fingerprint density at radius 1 is 1.15 bits per heavy atom. The van der Waals surface area contributed by atoms with Gasteiger partial charge in [-0.25, -0.2) is 28.1 Å². The van der Waals surface area contributed by atoms with Gasteiger partial charge in [0.1, 0.15) is 17.2 Å². The molecule has 3 N–H and O–H groups in total. The summed E-state index contributed by atoms with van der Waals surface area (Å²) in [6.07, 6.45) is 4.63. The van der Waals surface area contributed by atoms with Crippen LogP contribution in [-0.4, -0.2) is 42.3 Å². The van der Waals surface area contributed by atoms with E-state index in [1.807, 2.05) is 0 Å². The summed E-state index contributed by atoms with van der Waals surface area (Å²) >= 11 is 0. The molecule has 4 fully saturated rings. The summed E-state index contributed by atoms with van der Waals surface area (Å²) in [7, 11) is 0. The average Bonchev–Trinajstić information content (AvgIpc) is 3.41. The monoisotopic (exact) mass is 458 g/mol. The number of aromatic nitrogens is 5. The number of carbonyl (C=O) groups is 1. The number of nitrogens with one attached hydrogen (secondary N) is 2. The summed E-state index contributed by atoms with van der Waals surface area (Å²) in [4.78, 5) is 24.3. The second kappa shape index (κ2) is 7.13. The number of rotatable bonds is 5. The molecule has 0 saturated heterocycles. The first-order chi connectivity index (χ1) is 15.8. The van der Waals surface area contributed by atoms with E-state index < -0.39 is 35.2 Å². The maximum atomic E-state index is 15.5. The number of aromatic amines is 1. The van der Waals surface area contributed by atoms with Crippen molar-refractivity contribution < 1.29 is 23.1 Å². The molecule has 0 radical (unpaired) electrons. The third-order valence-corrected chi connectivity index (χ3v) is 7.37. The van der Waals surface area contributed by atoms with Crippen LogP contribution in [0.25, 0.3) is 22.6 Å². The van der Waals surface area contributed by atoms with Crippen LogP contribution in [0.5, 0.6) is 0 Å². The number of aliphatic carboxylic acids is 1. The Morgan fingerprint density at radius 2 is 1.88 bits per heavy atom. The quantitative estimate of drug-likeness (QED) is 0.530. The standard InChI is InChI=1S/C22H21F3N6O2/c23-11-7-12-16(30-31-18(12)26-8-11)20-28-17(22(25)5-6-22)14(24)19(29-20)27-15-10-3-1-9(2-4-10)13(15)21(32)33/h7-10,13,15H,1-6H2,(H,32,33)(H,26,30,31)(H,27,28,29).